The second-order valence-electron chi connectivity index (χ2n) is 4.45. The Morgan fingerprint density at radius 2 is 1.81 bits per heavy atom. The van der Waals surface area contributed by atoms with Gasteiger partial charge in [0.15, 0.2) is 0 Å². The van der Waals surface area contributed by atoms with Gasteiger partial charge in [-0.1, -0.05) is 26.0 Å². The normalized spacial score (nSPS) is 11.3. The Morgan fingerprint density at radius 1 is 1.25 bits per heavy atom. The molecule has 0 heterocycles. The van der Waals surface area contributed by atoms with Crippen molar-refractivity contribution in [3.05, 3.63) is 29.8 Å². The van der Waals surface area contributed by atoms with Gasteiger partial charge >= 0.3 is 0 Å². The van der Waals surface area contributed by atoms with Gasteiger partial charge in [0.25, 0.3) is 0 Å². The van der Waals surface area contributed by atoms with E-state index in [4.69, 9.17) is 0 Å². The molecule has 0 aliphatic heterocycles. The third-order valence-electron chi connectivity index (χ3n) is 2.26. The highest BCUT2D eigenvalue weighted by Crippen LogP contribution is 2.28. The van der Waals surface area contributed by atoms with Crippen LogP contribution < -0.4 is 0 Å². The Labute approximate surface area is 101 Å². The van der Waals surface area contributed by atoms with Crippen molar-refractivity contribution < 1.29 is 4.79 Å². The van der Waals surface area contributed by atoms with Gasteiger partial charge in [0.2, 0.25) is 6.08 Å². The maximum Gasteiger partial charge on any atom is 0.235 e. The molecule has 0 amide bonds. The first kappa shape index (κ1) is 13.0. The predicted octanol–water partition coefficient (Wildman–Crippen LogP) is 3.76. The molecule has 86 valence electrons. The molecule has 0 radical (unpaired) electrons. The van der Waals surface area contributed by atoms with Crippen LogP contribution in [0.1, 0.15) is 33.3 Å². The van der Waals surface area contributed by atoms with Crippen molar-refractivity contribution in [2.75, 3.05) is 0 Å². The summed E-state index contributed by atoms with van der Waals surface area (Å²) in [5, 5.41) is 0.576. The molecule has 0 aromatic heterocycles. The molecule has 0 aliphatic carbocycles. The zero-order chi connectivity index (χ0) is 12.2. The molecule has 3 heteroatoms. The number of benzene rings is 1. The lowest BCUT2D eigenvalue weighted by Gasteiger charge is -2.18. The first-order valence-corrected chi connectivity index (χ1v) is 6.20. The molecule has 1 aromatic rings. The van der Waals surface area contributed by atoms with Crippen LogP contribution in [0.2, 0.25) is 0 Å². The summed E-state index contributed by atoms with van der Waals surface area (Å²) in [6.07, 6.45) is 1.62. The molecule has 0 atom stereocenters. The molecule has 0 N–H and O–H groups in total. The zero-order valence-electron chi connectivity index (χ0n) is 10.2. The zero-order valence-corrected chi connectivity index (χ0v) is 11.0. The minimum absolute atomic E-state index is 0.483. The number of aliphatic imine (C=N–C) groups is 1. The average molecular weight is 235 g/mol. The van der Waals surface area contributed by atoms with E-state index < -0.39 is 5.54 Å². The number of carbonyl (C=O) groups excluding carboxylic acids is 1. The van der Waals surface area contributed by atoms with E-state index in [-0.39, 0.29) is 0 Å². The van der Waals surface area contributed by atoms with Crippen LogP contribution in [-0.4, -0.2) is 11.3 Å². The fraction of sp³-hybridized carbons (Fsp3) is 0.462. The van der Waals surface area contributed by atoms with Crippen molar-refractivity contribution in [3.8, 4) is 0 Å². The van der Waals surface area contributed by atoms with E-state index in [0.29, 0.717) is 5.25 Å². The van der Waals surface area contributed by atoms with E-state index in [0.717, 1.165) is 5.56 Å². The van der Waals surface area contributed by atoms with Crippen molar-refractivity contribution in [1.29, 1.82) is 0 Å². The van der Waals surface area contributed by atoms with Gasteiger partial charge in [0, 0.05) is 10.1 Å². The lowest BCUT2D eigenvalue weighted by molar-refractivity contribution is 0.522. The van der Waals surface area contributed by atoms with Gasteiger partial charge in [0.05, 0.1) is 5.54 Å². The van der Waals surface area contributed by atoms with Crippen LogP contribution in [0.15, 0.2) is 34.2 Å². The van der Waals surface area contributed by atoms with Crippen LogP contribution in [0.25, 0.3) is 0 Å². The second kappa shape index (κ2) is 5.33. The molecule has 0 fully saturated rings. The van der Waals surface area contributed by atoms with Crippen LogP contribution in [0, 0.1) is 0 Å². The number of isocyanates is 1. The Hall–Kier alpha value is -1.05. The molecular formula is C13H17NOS. The fourth-order valence-electron chi connectivity index (χ4n) is 1.39. The third kappa shape index (κ3) is 3.51. The van der Waals surface area contributed by atoms with Crippen LogP contribution in [0.3, 0.4) is 0 Å². The third-order valence-corrected chi connectivity index (χ3v) is 3.27. The Kier molecular flexibility index (Phi) is 4.34. The Balaban J connectivity index is 2.90. The largest absolute Gasteiger partial charge is 0.235 e. The van der Waals surface area contributed by atoms with Crippen LogP contribution in [-0.2, 0) is 10.3 Å². The number of hydrogen-bond acceptors (Lipinski definition) is 3. The van der Waals surface area contributed by atoms with E-state index in [2.05, 4.69) is 31.0 Å². The van der Waals surface area contributed by atoms with Crippen molar-refractivity contribution >= 4 is 17.8 Å². The highest BCUT2D eigenvalue weighted by molar-refractivity contribution is 7.99. The van der Waals surface area contributed by atoms with Crippen LogP contribution in [0.4, 0.5) is 0 Å². The van der Waals surface area contributed by atoms with E-state index in [1.807, 2.05) is 37.7 Å². The van der Waals surface area contributed by atoms with Gasteiger partial charge in [-0.15, -0.1) is 11.8 Å². The first-order chi connectivity index (χ1) is 7.45. The summed E-state index contributed by atoms with van der Waals surface area (Å²) in [7, 11) is 0. The topological polar surface area (TPSA) is 29.4 Å². The first-order valence-electron chi connectivity index (χ1n) is 5.32. The summed E-state index contributed by atoms with van der Waals surface area (Å²) < 4.78 is 0. The van der Waals surface area contributed by atoms with Crippen molar-refractivity contribution in [3.63, 3.8) is 0 Å². The van der Waals surface area contributed by atoms with Gasteiger partial charge in [-0.25, -0.2) is 4.79 Å². The highest BCUT2D eigenvalue weighted by Gasteiger charge is 2.18. The van der Waals surface area contributed by atoms with Crippen LogP contribution >= 0.6 is 11.8 Å². The minimum atomic E-state index is -0.483. The van der Waals surface area contributed by atoms with Gasteiger partial charge in [0.1, 0.15) is 0 Å². The molecule has 0 saturated heterocycles. The summed E-state index contributed by atoms with van der Waals surface area (Å²) in [6.45, 7) is 8.14. The second-order valence-corrected chi connectivity index (χ2v) is 6.10. The summed E-state index contributed by atoms with van der Waals surface area (Å²) in [5.74, 6) is 0. The minimum Gasteiger partial charge on any atom is -0.211 e. The average Bonchev–Trinajstić information content (AvgIpc) is 2.17. The standard InChI is InChI=1S/C13H17NOS/c1-10(2)16-12-7-5-11(6-8-12)13(3,4)14-9-15/h5-8,10H,1-4H3. The summed E-state index contributed by atoms with van der Waals surface area (Å²) in [4.78, 5) is 15.4. The Bertz CT molecular complexity index is 389. The SMILES string of the molecule is CC(C)Sc1ccc(C(C)(C)N=C=O)cc1. The van der Waals surface area contributed by atoms with E-state index >= 15 is 0 Å². The lowest BCUT2D eigenvalue weighted by atomic mass is 9.95. The van der Waals surface area contributed by atoms with Gasteiger partial charge in [-0.2, -0.15) is 4.99 Å². The van der Waals surface area contributed by atoms with Gasteiger partial charge in [-0.05, 0) is 31.5 Å². The molecule has 1 aromatic carbocycles. The van der Waals surface area contributed by atoms with Gasteiger partial charge < -0.3 is 0 Å². The molecule has 2 nitrogen and oxygen atoms in total. The maximum atomic E-state index is 10.3. The molecular weight excluding hydrogens is 218 g/mol. The molecule has 0 spiro atoms. The number of thioether (sulfide) groups is 1. The van der Waals surface area contributed by atoms with Crippen LogP contribution in [0.5, 0.6) is 0 Å². The lowest BCUT2D eigenvalue weighted by Crippen LogP contribution is -2.13. The molecule has 0 aliphatic rings. The van der Waals surface area contributed by atoms with E-state index in [1.54, 1.807) is 6.08 Å². The Morgan fingerprint density at radius 3 is 2.25 bits per heavy atom. The quantitative estimate of drug-likeness (QED) is 0.452. The summed E-state index contributed by atoms with van der Waals surface area (Å²) in [6, 6.07) is 8.18. The fourth-order valence-corrected chi connectivity index (χ4v) is 2.23. The smallest absolute Gasteiger partial charge is 0.211 e. The summed E-state index contributed by atoms with van der Waals surface area (Å²) >= 11 is 1.82. The molecule has 0 saturated carbocycles. The maximum absolute atomic E-state index is 10.3. The van der Waals surface area contributed by atoms with Crippen molar-refractivity contribution in [2.24, 2.45) is 4.99 Å². The highest BCUT2D eigenvalue weighted by atomic mass is 32.2. The molecule has 16 heavy (non-hydrogen) atoms. The molecule has 0 bridgehead atoms. The number of rotatable bonds is 4. The molecule has 0 unspecified atom stereocenters. The number of nitrogens with zero attached hydrogens (tertiary/aromatic N) is 1. The van der Waals surface area contributed by atoms with Gasteiger partial charge in [-0.3, -0.25) is 0 Å². The predicted molar refractivity (Wildman–Crippen MR) is 68.6 cm³/mol. The number of hydrogen-bond donors (Lipinski definition) is 0. The monoisotopic (exact) mass is 235 g/mol. The molecule has 1 rings (SSSR count). The summed E-state index contributed by atoms with van der Waals surface area (Å²) in [5.41, 5.74) is 0.548. The van der Waals surface area contributed by atoms with Crippen molar-refractivity contribution in [1.82, 2.24) is 0 Å². The van der Waals surface area contributed by atoms with E-state index in [1.165, 1.54) is 4.90 Å². The van der Waals surface area contributed by atoms with E-state index in [9.17, 15) is 4.79 Å². The van der Waals surface area contributed by atoms with Crippen molar-refractivity contribution in [2.45, 2.75) is 43.4 Å².